The zero-order chi connectivity index (χ0) is 29.0. The van der Waals surface area contributed by atoms with Crippen LogP contribution in [0.2, 0.25) is 0 Å². The molecule has 2 rings (SSSR count). The normalized spacial score (nSPS) is 14.9. The summed E-state index contributed by atoms with van der Waals surface area (Å²) in [7, 11) is 2.82. The Bertz CT molecular complexity index is 1110. The highest BCUT2D eigenvalue weighted by Gasteiger charge is 2.37. The predicted octanol–water partition coefficient (Wildman–Crippen LogP) is 1.00. The smallest absolute Gasteiger partial charge is 0.263 e. The molecular weight excluding hydrogens is 548 g/mol. The van der Waals surface area contributed by atoms with Crippen molar-refractivity contribution in [2.24, 2.45) is 0 Å². The number of Topliss-reactive ketones (excluding diaryl/α,β-unsaturated/α-hetero) is 1. The van der Waals surface area contributed by atoms with Gasteiger partial charge in [-0.05, 0) is 32.3 Å². The number of halogens is 1. The minimum absolute atomic E-state index is 0.0902. The molecule has 214 valence electrons. The van der Waals surface area contributed by atoms with E-state index >= 15 is 0 Å². The molecule has 0 bridgehead atoms. The maximum absolute atomic E-state index is 13.3. The summed E-state index contributed by atoms with van der Waals surface area (Å²) >= 11 is 6.99. The number of alkyl halides is 1. The number of nitrogens with one attached hydrogen (secondary N) is 3. The standard InChI is InChI=1S/C26H35ClN4O7S/c1-16-28-13-21(39-16)25(35)29-18(10-11-37-3)23(33)31-20(14-38-4)24(34)30-19(22(32)26(2,36)15-27)12-17-8-6-5-7-9-17/h5-9,13,18-20,36H,10-12,14-15H2,1-4H3,(H,29,35)(H,30,34)(H,31,33)/t18-,19-,20-,26+/m0/s1. The van der Waals surface area contributed by atoms with Crippen LogP contribution in [0.15, 0.2) is 36.5 Å². The second kappa shape index (κ2) is 15.6. The molecule has 1 aromatic heterocycles. The summed E-state index contributed by atoms with van der Waals surface area (Å²) in [6.45, 7) is 2.98. The van der Waals surface area contributed by atoms with Crippen LogP contribution in [0, 0.1) is 6.92 Å². The van der Waals surface area contributed by atoms with Crippen LogP contribution >= 0.6 is 22.9 Å². The van der Waals surface area contributed by atoms with Gasteiger partial charge in [0.05, 0.1) is 29.7 Å². The number of benzene rings is 1. The molecule has 0 unspecified atom stereocenters. The Labute approximate surface area is 236 Å². The first-order valence-electron chi connectivity index (χ1n) is 12.2. The molecule has 3 amide bonds. The zero-order valence-corrected chi connectivity index (χ0v) is 23.9. The first kappa shape index (κ1) is 32.3. The second-order valence-electron chi connectivity index (χ2n) is 9.09. The largest absolute Gasteiger partial charge is 0.385 e. The molecule has 39 heavy (non-hydrogen) atoms. The Hall–Kier alpha value is -2.90. The van der Waals surface area contributed by atoms with Gasteiger partial charge in [-0.2, -0.15) is 0 Å². The number of rotatable bonds is 16. The number of hydrogen-bond donors (Lipinski definition) is 4. The van der Waals surface area contributed by atoms with Gasteiger partial charge in [-0.15, -0.1) is 22.9 Å². The Morgan fingerprint density at radius 2 is 1.67 bits per heavy atom. The van der Waals surface area contributed by atoms with Crippen LogP contribution in [0.5, 0.6) is 0 Å². The average Bonchev–Trinajstić information content (AvgIpc) is 3.36. The number of thiazole rings is 1. The van der Waals surface area contributed by atoms with Crippen molar-refractivity contribution in [3.63, 3.8) is 0 Å². The molecule has 0 radical (unpaired) electrons. The topological polar surface area (TPSA) is 156 Å². The van der Waals surface area contributed by atoms with E-state index in [1.807, 2.05) is 6.07 Å². The molecule has 1 heterocycles. The number of ether oxygens (including phenoxy) is 2. The van der Waals surface area contributed by atoms with E-state index in [1.54, 1.807) is 31.2 Å². The summed E-state index contributed by atoms with van der Waals surface area (Å²) in [4.78, 5) is 56.6. The highest BCUT2D eigenvalue weighted by Crippen LogP contribution is 2.15. The number of methoxy groups -OCH3 is 2. The number of aliphatic hydroxyl groups is 1. The highest BCUT2D eigenvalue weighted by atomic mass is 35.5. The van der Waals surface area contributed by atoms with E-state index in [9.17, 15) is 24.3 Å². The highest BCUT2D eigenvalue weighted by molar-refractivity contribution is 7.13. The van der Waals surface area contributed by atoms with E-state index in [2.05, 4.69) is 20.9 Å². The molecule has 4 N–H and O–H groups in total. The third-order valence-corrected chi connectivity index (χ3v) is 7.18. The SMILES string of the molecule is COCC[C@H](NC(=O)c1cnc(C)s1)C(=O)N[C@@H](COC)C(=O)N[C@@H](Cc1ccccc1)C(=O)[C@](C)(O)CCl. The Balaban J connectivity index is 2.20. The van der Waals surface area contributed by atoms with Crippen LogP contribution < -0.4 is 16.0 Å². The van der Waals surface area contributed by atoms with E-state index in [0.29, 0.717) is 9.88 Å². The van der Waals surface area contributed by atoms with E-state index < -0.39 is 47.2 Å². The number of aromatic nitrogens is 1. The van der Waals surface area contributed by atoms with Crippen molar-refractivity contribution in [3.05, 3.63) is 52.0 Å². The van der Waals surface area contributed by atoms with E-state index in [-0.39, 0.29) is 31.9 Å². The van der Waals surface area contributed by atoms with Crippen molar-refractivity contribution >= 4 is 46.4 Å². The van der Waals surface area contributed by atoms with Crippen molar-refractivity contribution in [3.8, 4) is 0 Å². The lowest BCUT2D eigenvalue weighted by molar-refractivity contribution is -0.139. The minimum Gasteiger partial charge on any atom is -0.385 e. The Kier molecular flexibility index (Phi) is 13.0. The molecule has 4 atom stereocenters. The Morgan fingerprint density at radius 3 is 2.23 bits per heavy atom. The predicted molar refractivity (Wildman–Crippen MR) is 147 cm³/mol. The minimum atomic E-state index is -1.89. The van der Waals surface area contributed by atoms with Crippen LogP contribution in [-0.4, -0.2) is 90.6 Å². The molecule has 1 aromatic carbocycles. The van der Waals surface area contributed by atoms with Gasteiger partial charge in [-0.1, -0.05) is 30.3 Å². The van der Waals surface area contributed by atoms with Crippen LogP contribution in [0.4, 0.5) is 0 Å². The third kappa shape index (κ3) is 9.97. The monoisotopic (exact) mass is 582 g/mol. The summed E-state index contributed by atoms with van der Waals surface area (Å²) in [5, 5.41) is 19.1. The quantitative estimate of drug-likeness (QED) is 0.214. The first-order chi connectivity index (χ1) is 18.5. The van der Waals surface area contributed by atoms with Crippen molar-refractivity contribution in [1.29, 1.82) is 0 Å². The number of carbonyl (C=O) groups excluding carboxylic acids is 4. The molecule has 0 aliphatic carbocycles. The van der Waals surface area contributed by atoms with E-state index in [0.717, 1.165) is 5.56 Å². The van der Waals surface area contributed by atoms with Crippen LogP contribution in [0.25, 0.3) is 0 Å². The van der Waals surface area contributed by atoms with E-state index in [1.165, 1.54) is 38.7 Å². The van der Waals surface area contributed by atoms with Crippen molar-refractivity contribution in [1.82, 2.24) is 20.9 Å². The van der Waals surface area contributed by atoms with E-state index in [4.69, 9.17) is 21.1 Å². The average molecular weight is 583 g/mol. The second-order valence-corrected chi connectivity index (χ2v) is 10.6. The fourth-order valence-corrected chi connectivity index (χ4v) is 4.41. The molecular formula is C26H35ClN4O7S. The van der Waals surface area contributed by atoms with Gasteiger partial charge >= 0.3 is 0 Å². The molecule has 0 saturated heterocycles. The summed E-state index contributed by atoms with van der Waals surface area (Å²) < 4.78 is 10.2. The third-order valence-electron chi connectivity index (χ3n) is 5.75. The molecule has 0 fully saturated rings. The van der Waals surface area contributed by atoms with Gasteiger partial charge in [0, 0.05) is 20.8 Å². The van der Waals surface area contributed by atoms with Gasteiger partial charge in [0.1, 0.15) is 22.6 Å². The van der Waals surface area contributed by atoms with Crippen LogP contribution in [0.1, 0.15) is 33.6 Å². The van der Waals surface area contributed by atoms with Crippen LogP contribution in [-0.2, 0) is 30.3 Å². The number of nitrogens with zero attached hydrogens (tertiary/aromatic N) is 1. The lowest BCUT2D eigenvalue weighted by Crippen LogP contribution is -2.59. The first-order valence-corrected chi connectivity index (χ1v) is 13.6. The summed E-state index contributed by atoms with van der Waals surface area (Å²) in [5.41, 5.74) is -1.15. The van der Waals surface area contributed by atoms with Crippen molar-refractivity contribution in [2.45, 2.75) is 50.4 Å². The zero-order valence-electron chi connectivity index (χ0n) is 22.4. The molecule has 0 spiro atoms. The lowest BCUT2D eigenvalue weighted by atomic mass is 9.92. The van der Waals surface area contributed by atoms with Gasteiger partial charge in [0.25, 0.3) is 5.91 Å². The maximum atomic E-state index is 13.3. The molecule has 2 aromatic rings. The number of aryl methyl sites for hydroxylation is 1. The van der Waals surface area contributed by atoms with Crippen molar-refractivity contribution in [2.75, 3.05) is 33.3 Å². The molecule has 13 heteroatoms. The molecule has 0 aliphatic heterocycles. The van der Waals surface area contributed by atoms with Gasteiger partial charge < -0.3 is 30.5 Å². The Morgan fingerprint density at radius 1 is 1.03 bits per heavy atom. The number of amides is 3. The number of ketones is 1. The van der Waals surface area contributed by atoms with Gasteiger partial charge in [-0.25, -0.2) is 4.98 Å². The summed E-state index contributed by atoms with van der Waals surface area (Å²) in [6, 6.07) is 5.58. The summed E-state index contributed by atoms with van der Waals surface area (Å²) in [6.07, 6.45) is 1.65. The van der Waals surface area contributed by atoms with Crippen LogP contribution in [0.3, 0.4) is 0 Å². The number of carbonyl (C=O) groups is 4. The summed E-state index contributed by atoms with van der Waals surface area (Å²) in [5.74, 6) is -2.88. The van der Waals surface area contributed by atoms with Crippen molar-refractivity contribution < 1.29 is 33.8 Å². The molecule has 11 nitrogen and oxygen atoms in total. The fraction of sp³-hybridized carbons (Fsp3) is 0.500. The number of hydrogen-bond acceptors (Lipinski definition) is 9. The van der Waals surface area contributed by atoms with Gasteiger partial charge in [0.15, 0.2) is 5.78 Å². The molecule has 0 saturated carbocycles. The lowest BCUT2D eigenvalue weighted by Gasteiger charge is -2.28. The maximum Gasteiger partial charge on any atom is 0.263 e. The molecule has 0 aliphatic rings. The van der Waals surface area contributed by atoms with Gasteiger partial charge in [0.2, 0.25) is 11.8 Å². The van der Waals surface area contributed by atoms with Gasteiger partial charge in [-0.3, -0.25) is 19.2 Å². The fourth-order valence-electron chi connectivity index (χ4n) is 3.59.